The van der Waals surface area contributed by atoms with Crippen LogP contribution in [-0.4, -0.2) is 36.0 Å². The summed E-state index contributed by atoms with van der Waals surface area (Å²) in [6.07, 6.45) is 0. The van der Waals surface area contributed by atoms with E-state index < -0.39 is 0 Å². The highest BCUT2D eigenvalue weighted by atomic mass is 35.5. The summed E-state index contributed by atoms with van der Waals surface area (Å²) in [5.74, 6) is 1.60. The van der Waals surface area contributed by atoms with E-state index in [1.165, 1.54) is 0 Å². The molecule has 0 atom stereocenters. The number of aliphatic imine (C=N–C) groups is 1. The number of amidine groups is 1. The molecule has 0 amide bonds. The largest absolute Gasteiger partial charge is 0.492 e. The van der Waals surface area contributed by atoms with Gasteiger partial charge in [0, 0.05) is 34.9 Å². The van der Waals surface area contributed by atoms with Crippen molar-refractivity contribution in [2.24, 2.45) is 4.99 Å². The molecule has 0 unspecified atom stereocenters. The van der Waals surface area contributed by atoms with E-state index in [0.717, 1.165) is 35.1 Å². The standard InChI is InChI=1S/C27H32ClN3O/c1-20(2)31(21(3)4)18-19-32-26-16-14-25(15-17-26)30-27(22-10-12-23(28)13-11-22)29-24-8-6-5-7-9-24/h5-17,20-21H,18-19H2,1-4H3,(H,29,30). The van der Waals surface area contributed by atoms with Gasteiger partial charge in [0.25, 0.3) is 0 Å². The number of rotatable bonds is 9. The smallest absolute Gasteiger partial charge is 0.138 e. The molecule has 0 heterocycles. The van der Waals surface area contributed by atoms with Gasteiger partial charge in [-0.2, -0.15) is 0 Å². The van der Waals surface area contributed by atoms with Gasteiger partial charge >= 0.3 is 0 Å². The molecule has 0 aliphatic heterocycles. The van der Waals surface area contributed by atoms with Crippen LogP contribution in [0.3, 0.4) is 0 Å². The Hall–Kier alpha value is -2.82. The molecule has 0 saturated heterocycles. The van der Waals surface area contributed by atoms with E-state index in [4.69, 9.17) is 21.3 Å². The van der Waals surface area contributed by atoms with E-state index in [1.807, 2.05) is 78.9 Å². The van der Waals surface area contributed by atoms with Crippen molar-refractivity contribution in [1.29, 1.82) is 0 Å². The Kier molecular flexibility index (Phi) is 8.72. The van der Waals surface area contributed by atoms with Crippen molar-refractivity contribution in [2.75, 3.05) is 18.5 Å². The Bertz CT molecular complexity index is 976. The molecule has 5 heteroatoms. The van der Waals surface area contributed by atoms with Crippen molar-refractivity contribution in [3.63, 3.8) is 0 Å². The zero-order chi connectivity index (χ0) is 22.9. The number of nitrogens with one attached hydrogen (secondary N) is 1. The van der Waals surface area contributed by atoms with Crippen molar-refractivity contribution in [3.05, 3.63) is 89.4 Å². The quantitative estimate of drug-likeness (QED) is 0.281. The molecule has 3 aromatic carbocycles. The van der Waals surface area contributed by atoms with Crippen molar-refractivity contribution >= 4 is 28.8 Å². The van der Waals surface area contributed by atoms with Crippen LogP contribution in [0.15, 0.2) is 83.9 Å². The zero-order valence-corrected chi connectivity index (χ0v) is 20.0. The van der Waals surface area contributed by atoms with Crippen LogP contribution in [0, 0.1) is 0 Å². The summed E-state index contributed by atoms with van der Waals surface area (Å²) in [6, 6.07) is 26.5. The van der Waals surface area contributed by atoms with E-state index in [0.29, 0.717) is 23.7 Å². The van der Waals surface area contributed by atoms with E-state index >= 15 is 0 Å². The van der Waals surface area contributed by atoms with Crippen LogP contribution in [0.5, 0.6) is 5.75 Å². The highest BCUT2D eigenvalue weighted by molar-refractivity contribution is 6.30. The molecule has 0 radical (unpaired) electrons. The summed E-state index contributed by atoms with van der Waals surface area (Å²) < 4.78 is 5.97. The van der Waals surface area contributed by atoms with Crippen LogP contribution in [0.4, 0.5) is 11.4 Å². The molecule has 32 heavy (non-hydrogen) atoms. The van der Waals surface area contributed by atoms with Crippen molar-refractivity contribution in [2.45, 2.75) is 39.8 Å². The third-order valence-electron chi connectivity index (χ3n) is 5.18. The highest BCUT2D eigenvalue weighted by Gasteiger charge is 2.13. The minimum absolute atomic E-state index is 0.499. The van der Waals surface area contributed by atoms with Gasteiger partial charge in [-0.05, 0) is 88.4 Å². The maximum absolute atomic E-state index is 6.07. The molecule has 0 saturated carbocycles. The van der Waals surface area contributed by atoms with Gasteiger partial charge < -0.3 is 10.1 Å². The first-order valence-electron chi connectivity index (χ1n) is 11.1. The topological polar surface area (TPSA) is 36.9 Å². The van der Waals surface area contributed by atoms with Gasteiger partial charge in [0.2, 0.25) is 0 Å². The SMILES string of the molecule is CC(C)N(CCOc1ccc(N=C(Nc2ccccc2)c2ccc(Cl)cc2)cc1)C(C)C. The summed E-state index contributed by atoms with van der Waals surface area (Å²) in [4.78, 5) is 7.27. The van der Waals surface area contributed by atoms with Crippen LogP contribution >= 0.6 is 11.6 Å². The van der Waals surface area contributed by atoms with Gasteiger partial charge in [0.05, 0.1) is 5.69 Å². The summed E-state index contributed by atoms with van der Waals surface area (Å²) in [5.41, 5.74) is 2.78. The lowest BCUT2D eigenvalue weighted by molar-refractivity contribution is 0.142. The molecule has 0 aliphatic rings. The van der Waals surface area contributed by atoms with Gasteiger partial charge in [-0.25, -0.2) is 4.99 Å². The number of benzene rings is 3. The van der Waals surface area contributed by atoms with Gasteiger partial charge in [0.1, 0.15) is 18.2 Å². The number of para-hydroxylation sites is 1. The molecule has 0 aromatic heterocycles. The van der Waals surface area contributed by atoms with E-state index in [1.54, 1.807) is 0 Å². The fraction of sp³-hybridized carbons (Fsp3) is 0.296. The van der Waals surface area contributed by atoms with Crippen molar-refractivity contribution in [3.8, 4) is 5.75 Å². The number of anilines is 1. The fourth-order valence-corrected chi connectivity index (χ4v) is 3.68. The Labute approximate surface area is 196 Å². The minimum Gasteiger partial charge on any atom is -0.492 e. The van der Waals surface area contributed by atoms with Crippen molar-refractivity contribution < 1.29 is 4.74 Å². The van der Waals surface area contributed by atoms with Crippen LogP contribution in [0.25, 0.3) is 0 Å². The van der Waals surface area contributed by atoms with E-state index in [9.17, 15) is 0 Å². The van der Waals surface area contributed by atoms with Crippen molar-refractivity contribution in [1.82, 2.24) is 4.90 Å². The number of nitrogens with zero attached hydrogens (tertiary/aromatic N) is 2. The van der Waals surface area contributed by atoms with Crippen LogP contribution in [0.2, 0.25) is 5.02 Å². The summed E-state index contributed by atoms with van der Waals surface area (Å²) in [5, 5.41) is 4.11. The average Bonchev–Trinajstić information content (AvgIpc) is 2.78. The first-order valence-corrected chi connectivity index (χ1v) is 11.5. The number of halogens is 1. The summed E-state index contributed by atoms with van der Waals surface area (Å²) in [7, 11) is 0. The van der Waals surface area contributed by atoms with E-state index in [2.05, 4.69) is 37.9 Å². The second-order valence-electron chi connectivity index (χ2n) is 8.23. The third kappa shape index (κ3) is 7.11. The number of hydrogen-bond donors (Lipinski definition) is 1. The average molecular weight is 450 g/mol. The molecule has 0 aliphatic carbocycles. The van der Waals surface area contributed by atoms with E-state index in [-0.39, 0.29) is 0 Å². The Balaban J connectivity index is 1.72. The maximum atomic E-state index is 6.07. The normalized spacial score (nSPS) is 11.9. The first kappa shape index (κ1) is 23.8. The number of ether oxygens (including phenoxy) is 1. The van der Waals surface area contributed by atoms with Gasteiger partial charge in [0.15, 0.2) is 0 Å². The van der Waals surface area contributed by atoms with Gasteiger partial charge in [-0.15, -0.1) is 0 Å². The second kappa shape index (κ2) is 11.7. The lowest BCUT2D eigenvalue weighted by atomic mass is 10.2. The summed E-state index contributed by atoms with van der Waals surface area (Å²) in [6.45, 7) is 10.4. The molecule has 0 spiro atoms. The molecule has 1 N–H and O–H groups in total. The Morgan fingerprint density at radius 3 is 2.09 bits per heavy atom. The molecule has 0 fully saturated rings. The predicted octanol–water partition coefficient (Wildman–Crippen LogP) is 7.03. The molecule has 3 aromatic rings. The predicted molar refractivity (Wildman–Crippen MR) is 137 cm³/mol. The monoisotopic (exact) mass is 449 g/mol. The Morgan fingerprint density at radius 1 is 0.875 bits per heavy atom. The van der Waals surface area contributed by atoms with Crippen LogP contribution in [-0.2, 0) is 0 Å². The maximum Gasteiger partial charge on any atom is 0.138 e. The number of hydrogen-bond acceptors (Lipinski definition) is 3. The first-order chi connectivity index (χ1) is 15.4. The summed E-state index contributed by atoms with van der Waals surface area (Å²) >= 11 is 6.07. The molecule has 168 valence electrons. The molecule has 0 bridgehead atoms. The lowest BCUT2D eigenvalue weighted by Gasteiger charge is -2.30. The minimum atomic E-state index is 0.499. The third-order valence-corrected chi connectivity index (χ3v) is 5.43. The molecular formula is C27H32ClN3O. The molecule has 4 nitrogen and oxygen atoms in total. The lowest BCUT2D eigenvalue weighted by Crippen LogP contribution is -2.39. The molecule has 3 rings (SSSR count). The fourth-order valence-electron chi connectivity index (χ4n) is 3.56. The van der Waals surface area contributed by atoms with Crippen LogP contribution in [0.1, 0.15) is 33.3 Å². The molecular weight excluding hydrogens is 418 g/mol. The van der Waals surface area contributed by atoms with Gasteiger partial charge in [-0.3, -0.25) is 4.90 Å². The Morgan fingerprint density at radius 2 is 1.50 bits per heavy atom. The van der Waals surface area contributed by atoms with Gasteiger partial charge in [-0.1, -0.05) is 29.8 Å². The highest BCUT2D eigenvalue weighted by Crippen LogP contribution is 2.21. The zero-order valence-electron chi connectivity index (χ0n) is 19.3. The van der Waals surface area contributed by atoms with Crippen LogP contribution < -0.4 is 10.1 Å². The second-order valence-corrected chi connectivity index (χ2v) is 8.66.